The molecule has 0 spiro atoms. The highest BCUT2D eigenvalue weighted by Gasteiger charge is 2.25. The molecule has 1 N–H and O–H groups in total. The topological polar surface area (TPSA) is 49.1 Å². The molecule has 9 heteroatoms. The van der Waals surface area contributed by atoms with Gasteiger partial charge in [-0.15, -0.1) is 10.2 Å². The largest absolute Gasteiger partial charge is 0.270 e. The van der Waals surface area contributed by atoms with E-state index in [1.165, 1.54) is 0 Å². The summed E-state index contributed by atoms with van der Waals surface area (Å²) >= 11 is 0. The van der Waals surface area contributed by atoms with Gasteiger partial charge in [-0.3, -0.25) is 5.43 Å². The maximum atomic E-state index is 14.0. The number of anilines is 1. The van der Waals surface area contributed by atoms with Crippen LogP contribution in [0, 0.1) is 56.8 Å². The molecule has 166 valence electrons. The molecule has 0 aromatic heterocycles. The van der Waals surface area contributed by atoms with E-state index in [-0.39, 0.29) is 5.84 Å². The Kier molecular flexibility index (Phi) is 6.67. The van der Waals surface area contributed by atoms with Crippen molar-refractivity contribution in [2.75, 3.05) is 5.43 Å². The van der Waals surface area contributed by atoms with Crippen molar-refractivity contribution in [2.45, 2.75) is 27.7 Å². The van der Waals surface area contributed by atoms with Crippen molar-refractivity contribution in [3.8, 4) is 0 Å². The zero-order chi connectivity index (χ0) is 23.6. The average Bonchev–Trinajstić information content (AvgIpc) is 2.74. The van der Waals surface area contributed by atoms with E-state index in [0.29, 0.717) is 11.3 Å². The summed E-state index contributed by atoms with van der Waals surface area (Å²) in [5.41, 5.74) is 5.29. The van der Waals surface area contributed by atoms with E-state index in [2.05, 4.69) is 15.3 Å². The molecule has 0 radical (unpaired) electrons. The van der Waals surface area contributed by atoms with Gasteiger partial charge in [0.05, 0.1) is 5.69 Å². The molecule has 0 saturated carbocycles. The fourth-order valence-electron chi connectivity index (χ4n) is 3.09. The summed E-state index contributed by atoms with van der Waals surface area (Å²) in [5, 5.41) is 12.1. The average molecular weight is 446 g/mol. The van der Waals surface area contributed by atoms with Crippen molar-refractivity contribution >= 4 is 17.2 Å². The summed E-state index contributed by atoms with van der Waals surface area (Å²) in [6, 6.07) is 10.6. The number of nitrogens with zero attached hydrogens (tertiary/aromatic N) is 3. The van der Waals surface area contributed by atoms with Crippen LogP contribution in [0.25, 0.3) is 0 Å². The lowest BCUT2D eigenvalue weighted by Crippen LogP contribution is -2.08. The van der Waals surface area contributed by atoms with Gasteiger partial charge in [0, 0.05) is 5.56 Å². The van der Waals surface area contributed by atoms with E-state index in [1.807, 2.05) is 45.3 Å². The summed E-state index contributed by atoms with van der Waals surface area (Å²) < 4.78 is 68.3. The van der Waals surface area contributed by atoms with Gasteiger partial charge in [-0.25, -0.2) is 22.0 Å². The normalized spacial score (nSPS) is 12.0. The Bertz CT molecular complexity index is 1180. The van der Waals surface area contributed by atoms with Crippen LogP contribution in [-0.4, -0.2) is 5.84 Å². The quantitative estimate of drug-likeness (QED) is 0.0863. The molecule has 0 atom stereocenters. The zero-order valence-electron chi connectivity index (χ0n) is 17.7. The molecule has 0 aliphatic rings. The number of hydrazone groups is 1. The van der Waals surface area contributed by atoms with Crippen LogP contribution >= 0.6 is 0 Å². The molecule has 0 saturated heterocycles. The Hall–Kier alpha value is -3.62. The molecule has 0 aliphatic carbocycles. The predicted octanol–water partition coefficient (Wildman–Crippen LogP) is 7.17. The number of hydrogen-bond donors (Lipinski definition) is 1. The van der Waals surface area contributed by atoms with Crippen LogP contribution in [0.2, 0.25) is 0 Å². The van der Waals surface area contributed by atoms with Crippen molar-refractivity contribution < 1.29 is 22.0 Å². The molecule has 0 amide bonds. The van der Waals surface area contributed by atoms with Crippen molar-refractivity contribution in [3.05, 3.63) is 93.3 Å². The minimum absolute atomic E-state index is 0.117. The second-order valence-electron chi connectivity index (χ2n) is 7.31. The van der Waals surface area contributed by atoms with Gasteiger partial charge >= 0.3 is 0 Å². The Labute approximate surface area is 181 Å². The van der Waals surface area contributed by atoms with Crippen LogP contribution in [-0.2, 0) is 0 Å². The molecule has 0 heterocycles. The molecule has 3 rings (SSSR count). The molecular formula is C23H19F5N4. The van der Waals surface area contributed by atoms with Gasteiger partial charge in [0.25, 0.3) is 0 Å². The monoisotopic (exact) mass is 446 g/mol. The van der Waals surface area contributed by atoms with Gasteiger partial charge in [0.2, 0.25) is 11.7 Å². The van der Waals surface area contributed by atoms with E-state index in [4.69, 9.17) is 0 Å². The highest BCUT2D eigenvalue weighted by Crippen LogP contribution is 2.28. The van der Waals surface area contributed by atoms with Gasteiger partial charge in [-0.2, -0.15) is 5.10 Å². The van der Waals surface area contributed by atoms with Crippen molar-refractivity contribution in [1.82, 2.24) is 0 Å². The Morgan fingerprint density at radius 2 is 1.19 bits per heavy atom. The first kappa shape index (κ1) is 23.1. The number of rotatable bonds is 4. The van der Waals surface area contributed by atoms with Crippen LogP contribution < -0.4 is 5.43 Å². The van der Waals surface area contributed by atoms with Crippen LogP contribution in [0.5, 0.6) is 0 Å². The molecule has 0 fully saturated rings. The van der Waals surface area contributed by atoms with E-state index < -0.39 is 34.8 Å². The Morgan fingerprint density at radius 1 is 0.688 bits per heavy atom. The number of aryl methyl sites for hydroxylation is 4. The summed E-state index contributed by atoms with van der Waals surface area (Å²) in [4.78, 5) is 0. The smallest absolute Gasteiger partial charge is 0.201 e. The fourth-order valence-corrected chi connectivity index (χ4v) is 3.09. The third kappa shape index (κ3) is 4.66. The third-order valence-electron chi connectivity index (χ3n) is 4.67. The van der Waals surface area contributed by atoms with Gasteiger partial charge in [-0.05, 0) is 38.8 Å². The highest BCUT2D eigenvalue weighted by atomic mass is 19.2. The first-order chi connectivity index (χ1) is 15.1. The maximum absolute atomic E-state index is 14.0. The van der Waals surface area contributed by atoms with E-state index >= 15 is 0 Å². The SMILES string of the molecule is Cc1ccc(/C(N=Nc2c(C)cc(C)cc2C)=N\Nc2c(F)c(F)c(F)c(F)c2F)cc1. The summed E-state index contributed by atoms with van der Waals surface area (Å²) in [5.74, 6) is -10.6. The summed E-state index contributed by atoms with van der Waals surface area (Å²) in [6.07, 6.45) is 0. The number of hydrogen-bond acceptors (Lipinski definition) is 3. The molecular weight excluding hydrogens is 427 g/mol. The van der Waals surface area contributed by atoms with Crippen LogP contribution in [0.3, 0.4) is 0 Å². The van der Waals surface area contributed by atoms with Gasteiger partial charge in [0.1, 0.15) is 5.69 Å². The summed E-state index contributed by atoms with van der Waals surface area (Å²) in [7, 11) is 0. The molecule has 0 aliphatic heterocycles. The molecule has 0 unspecified atom stereocenters. The van der Waals surface area contributed by atoms with Gasteiger partial charge in [-0.1, -0.05) is 47.5 Å². The van der Waals surface area contributed by atoms with Crippen molar-refractivity contribution in [1.29, 1.82) is 0 Å². The van der Waals surface area contributed by atoms with Crippen molar-refractivity contribution in [2.24, 2.45) is 15.3 Å². The molecule has 32 heavy (non-hydrogen) atoms. The fraction of sp³-hybridized carbons (Fsp3) is 0.174. The molecule has 4 nitrogen and oxygen atoms in total. The number of amidine groups is 1. The van der Waals surface area contributed by atoms with Crippen LogP contribution in [0.15, 0.2) is 51.7 Å². The lowest BCUT2D eigenvalue weighted by Gasteiger charge is -2.09. The lowest BCUT2D eigenvalue weighted by molar-refractivity contribution is 0.381. The summed E-state index contributed by atoms with van der Waals surface area (Å²) in [6.45, 7) is 7.50. The molecule has 3 aromatic rings. The number of benzene rings is 3. The van der Waals surface area contributed by atoms with Gasteiger partial charge in [0.15, 0.2) is 23.3 Å². The number of nitrogens with one attached hydrogen (secondary N) is 1. The van der Waals surface area contributed by atoms with E-state index in [9.17, 15) is 22.0 Å². The van der Waals surface area contributed by atoms with Crippen LogP contribution in [0.4, 0.5) is 33.3 Å². The van der Waals surface area contributed by atoms with E-state index in [1.54, 1.807) is 24.3 Å². The maximum Gasteiger partial charge on any atom is 0.201 e. The second kappa shape index (κ2) is 9.25. The molecule has 3 aromatic carbocycles. The van der Waals surface area contributed by atoms with E-state index in [0.717, 1.165) is 22.3 Å². The standard InChI is InChI=1S/C23H19F5N4/c1-11-5-7-15(8-6-11)23(31-29-21-13(3)9-12(2)10-14(21)4)32-30-22-19(27)17(25)16(24)18(26)20(22)28/h5-10,30H,1-4H3/b31-29?,32-23+. The third-order valence-corrected chi connectivity index (χ3v) is 4.67. The minimum atomic E-state index is -2.25. The lowest BCUT2D eigenvalue weighted by atomic mass is 10.1. The number of azo groups is 1. The van der Waals surface area contributed by atoms with Crippen molar-refractivity contribution in [3.63, 3.8) is 0 Å². The first-order valence-corrected chi connectivity index (χ1v) is 9.52. The molecule has 0 bridgehead atoms. The minimum Gasteiger partial charge on any atom is -0.270 e. The second-order valence-corrected chi connectivity index (χ2v) is 7.31. The first-order valence-electron chi connectivity index (χ1n) is 9.52. The zero-order valence-corrected chi connectivity index (χ0v) is 17.7. The Balaban J connectivity index is 2.07. The number of halogens is 5. The van der Waals surface area contributed by atoms with Crippen LogP contribution in [0.1, 0.15) is 27.8 Å². The highest BCUT2D eigenvalue weighted by molar-refractivity contribution is 5.99. The van der Waals surface area contributed by atoms with Gasteiger partial charge < -0.3 is 0 Å². The predicted molar refractivity (Wildman–Crippen MR) is 113 cm³/mol. The Morgan fingerprint density at radius 3 is 1.72 bits per heavy atom.